The summed E-state index contributed by atoms with van der Waals surface area (Å²) in [5, 5.41) is 17.7. The maximum Gasteiger partial charge on any atom is 0.323 e. The average Bonchev–Trinajstić information content (AvgIpc) is 3.19. The first-order chi connectivity index (χ1) is 15.0. The van der Waals surface area contributed by atoms with Gasteiger partial charge in [0.05, 0.1) is 5.69 Å². The molecule has 0 atom stereocenters. The van der Waals surface area contributed by atoms with E-state index in [2.05, 4.69) is 25.9 Å². The number of halogens is 1. The minimum absolute atomic E-state index is 0.326. The molecule has 0 saturated carbocycles. The molecule has 0 aliphatic heterocycles. The number of aryl methyl sites for hydroxylation is 2. The molecule has 0 aliphatic carbocycles. The summed E-state index contributed by atoms with van der Waals surface area (Å²) in [6.07, 6.45) is 1.80. The average molecular weight is 418 g/mol. The Morgan fingerprint density at radius 3 is 2.32 bits per heavy atom. The van der Waals surface area contributed by atoms with Crippen molar-refractivity contribution in [1.82, 2.24) is 20.0 Å². The third-order valence-corrected chi connectivity index (χ3v) is 4.35. The van der Waals surface area contributed by atoms with E-state index in [-0.39, 0.29) is 5.82 Å². The van der Waals surface area contributed by atoms with Crippen LogP contribution in [0.1, 0.15) is 11.3 Å². The van der Waals surface area contributed by atoms with Crippen molar-refractivity contribution in [1.29, 1.82) is 0 Å². The van der Waals surface area contributed by atoms with Gasteiger partial charge in [0.25, 0.3) is 0 Å². The normalized spacial score (nSPS) is 10.5. The molecule has 0 unspecified atom stereocenters. The molecule has 9 heteroatoms. The molecular weight excluding hydrogens is 399 g/mol. The van der Waals surface area contributed by atoms with E-state index in [1.165, 1.54) is 6.07 Å². The predicted molar refractivity (Wildman–Crippen MR) is 114 cm³/mol. The molecule has 2 N–H and O–H groups in total. The molecule has 2 amide bonds. The molecule has 31 heavy (non-hydrogen) atoms. The van der Waals surface area contributed by atoms with Gasteiger partial charge in [0.1, 0.15) is 11.6 Å². The number of hydrogen-bond donors (Lipinski definition) is 2. The minimum Gasteiger partial charge on any atom is -0.438 e. The van der Waals surface area contributed by atoms with E-state index in [1.54, 1.807) is 66.3 Å². The van der Waals surface area contributed by atoms with E-state index in [0.717, 1.165) is 5.69 Å². The van der Waals surface area contributed by atoms with Gasteiger partial charge in [-0.05, 0) is 67.9 Å². The van der Waals surface area contributed by atoms with Gasteiger partial charge >= 0.3 is 6.03 Å². The van der Waals surface area contributed by atoms with E-state index in [0.29, 0.717) is 34.4 Å². The molecule has 0 aliphatic rings. The van der Waals surface area contributed by atoms with Crippen LogP contribution in [0.3, 0.4) is 0 Å². The number of carbonyl (C=O) groups is 1. The van der Waals surface area contributed by atoms with Crippen LogP contribution in [0.4, 0.5) is 20.6 Å². The Kier molecular flexibility index (Phi) is 5.57. The highest BCUT2D eigenvalue weighted by molar-refractivity contribution is 5.99. The number of rotatable bonds is 5. The zero-order valence-corrected chi connectivity index (χ0v) is 16.8. The van der Waals surface area contributed by atoms with Gasteiger partial charge in [-0.1, -0.05) is 6.07 Å². The molecule has 4 aromatic rings. The molecule has 2 heterocycles. The topological polar surface area (TPSA) is 94.0 Å². The van der Waals surface area contributed by atoms with E-state index in [4.69, 9.17) is 4.74 Å². The van der Waals surface area contributed by atoms with Crippen molar-refractivity contribution in [2.45, 2.75) is 13.8 Å². The minimum atomic E-state index is -0.479. The fourth-order valence-electron chi connectivity index (χ4n) is 2.72. The van der Waals surface area contributed by atoms with Crippen LogP contribution in [0.2, 0.25) is 0 Å². The van der Waals surface area contributed by atoms with Crippen LogP contribution >= 0.6 is 0 Å². The molecule has 0 spiro atoms. The largest absolute Gasteiger partial charge is 0.438 e. The Hall–Kier alpha value is -4.27. The molecule has 156 valence electrons. The second kappa shape index (κ2) is 8.62. The van der Waals surface area contributed by atoms with E-state index in [1.807, 2.05) is 13.0 Å². The third kappa shape index (κ3) is 5.02. The van der Waals surface area contributed by atoms with Crippen molar-refractivity contribution in [2.24, 2.45) is 0 Å². The maximum atomic E-state index is 13.6. The Bertz CT molecular complexity index is 1210. The summed E-state index contributed by atoms with van der Waals surface area (Å²) in [4.78, 5) is 12.1. The van der Waals surface area contributed by atoms with Crippen LogP contribution < -0.4 is 15.4 Å². The molecule has 8 nitrogen and oxygen atoms in total. The van der Waals surface area contributed by atoms with Crippen LogP contribution in [0, 0.1) is 19.7 Å². The number of benzene rings is 2. The number of amides is 2. The summed E-state index contributed by atoms with van der Waals surface area (Å²) in [6.45, 7) is 3.55. The number of carbonyl (C=O) groups excluding carboxylic acids is 1. The fourth-order valence-corrected chi connectivity index (χ4v) is 2.72. The van der Waals surface area contributed by atoms with Gasteiger partial charge < -0.3 is 15.4 Å². The lowest BCUT2D eigenvalue weighted by Crippen LogP contribution is -2.19. The van der Waals surface area contributed by atoms with Gasteiger partial charge in [-0.25, -0.2) is 13.9 Å². The predicted octanol–water partition coefficient (Wildman–Crippen LogP) is 4.85. The standard InChI is InChI=1S/C22H19FN6O2/c1-14-3-4-17(13-19(14)23)25-22(30)24-16-5-7-18(8-6-16)31-21-10-9-20(26-27-21)29-12-11-15(2)28-29/h3-13H,1-2H3,(H2,24,25,30). The van der Waals surface area contributed by atoms with Gasteiger partial charge in [0.15, 0.2) is 5.82 Å². The Labute approximate surface area is 177 Å². The smallest absolute Gasteiger partial charge is 0.323 e. The lowest BCUT2D eigenvalue weighted by Gasteiger charge is -2.09. The third-order valence-electron chi connectivity index (χ3n) is 4.35. The molecule has 4 rings (SSSR count). The van der Waals surface area contributed by atoms with Crippen LogP contribution in [0.25, 0.3) is 5.82 Å². The zero-order chi connectivity index (χ0) is 21.8. The number of nitrogens with one attached hydrogen (secondary N) is 2. The number of urea groups is 1. The Morgan fingerprint density at radius 2 is 1.68 bits per heavy atom. The van der Waals surface area contributed by atoms with Crippen molar-refractivity contribution in [2.75, 3.05) is 10.6 Å². The Morgan fingerprint density at radius 1 is 0.935 bits per heavy atom. The summed E-state index contributed by atoms with van der Waals surface area (Å²) >= 11 is 0. The zero-order valence-electron chi connectivity index (χ0n) is 16.8. The molecule has 0 radical (unpaired) electrons. The van der Waals surface area contributed by atoms with Crippen molar-refractivity contribution in [3.63, 3.8) is 0 Å². The summed E-state index contributed by atoms with van der Waals surface area (Å²) in [5.41, 5.74) is 2.31. The van der Waals surface area contributed by atoms with Crippen molar-refractivity contribution in [3.8, 4) is 17.4 Å². The highest BCUT2D eigenvalue weighted by Gasteiger charge is 2.07. The number of hydrogen-bond acceptors (Lipinski definition) is 5. The van der Waals surface area contributed by atoms with Crippen LogP contribution in [0.5, 0.6) is 11.6 Å². The quantitative estimate of drug-likeness (QED) is 0.483. The van der Waals surface area contributed by atoms with Crippen LogP contribution in [-0.4, -0.2) is 26.0 Å². The van der Waals surface area contributed by atoms with Crippen molar-refractivity contribution < 1.29 is 13.9 Å². The number of nitrogens with zero attached hydrogens (tertiary/aromatic N) is 4. The second-order valence-electron chi connectivity index (χ2n) is 6.80. The number of ether oxygens (including phenoxy) is 1. The SMILES string of the molecule is Cc1ccn(-c2ccc(Oc3ccc(NC(=O)Nc4ccc(C)c(F)c4)cc3)nn2)n1. The fraction of sp³-hybridized carbons (Fsp3) is 0.0909. The molecule has 2 aromatic carbocycles. The highest BCUT2D eigenvalue weighted by atomic mass is 19.1. The van der Waals surface area contributed by atoms with Crippen molar-refractivity contribution >= 4 is 17.4 Å². The molecule has 0 bridgehead atoms. The first kappa shape index (κ1) is 20.0. The molecule has 2 aromatic heterocycles. The van der Waals surface area contributed by atoms with Gasteiger partial charge in [-0.2, -0.15) is 5.10 Å². The first-order valence-corrected chi connectivity index (χ1v) is 9.45. The molecule has 0 fully saturated rings. The van der Waals surface area contributed by atoms with Crippen LogP contribution in [0.15, 0.2) is 66.9 Å². The van der Waals surface area contributed by atoms with E-state index < -0.39 is 6.03 Å². The molecule has 0 saturated heterocycles. The Balaban J connectivity index is 1.34. The van der Waals surface area contributed by atoms with Gasteiger partial charge in [0, 0.05) is 23.6 Å². The maximum absolute atomic E-state index is 13.6. The molecular formula is C22H19FN6O2. The summed E-state index contributed by atoms with van der Waals surface area (Å²) in [5.74, 6) is 1.06. The first-order valence-electron chi connectivity index (χ1n) is 9.45. The number of aromatic nitrogens is 4. The number of anilines is 2. The highest BCUT2D eigenvalue weighted by Crippen LogP contribution is 2.22. The van der Waals surface area contributed by atoms with E-state index >= 15 is 0 Å². The lowest BCUT2D eigenvalue weighted by atomic mass is 10.2. The van der Waals surface area contributed by atoms with Gasteiger partial charge in [0.2, 0.25) is 5.88 Å². The van der Waals surface area contributed by atoms with E-state index in [9.17, 15) is 9.18 Å². The lowest BCUT2D eigenvalue weighted by molar-refractivity contribution is 0.262. The summed E-state index contributed by atoms with van der Waals surface area (Å²) in [6, 6.07) is 16.1. The van der Waals surface area contributed by atoms with Crippen LogP contribution in [-0.2, 0) is 0 Å². The monoisotopic (exact) mass is 418 g/mol. The second-order valence-corrected chi connectivity index (χ2v) is 6.80. The van der Waals surface area contributed by atoms with Crippen molar-refractivity contribution in [3.05, 3.63) is 83.9 Å². The summed E-state index contributed by atoms with van der Waals surface area (Å²) < 4.78 is 20.9. The summed E-state index contributed by atoms with van der Waals surface area (Å²) in [7, 11) is 0. The van der Waals surface area contributed by atoms with Gasteiger partial charge in [-0.15, -0.1) is 10.2 Å². The van der Waals surface area contributed by atoms with Gasteiger partial charge in [-0.3, -0.25) is 0 Å².